The van der Waals surface area contributed by atoms with Crippen molar-refractivity contribution in [2.45, 2.75) is 76.7 Å². The van der Waals surface area contributed by atoms with Crippen molar-refractivity contribution in [2.75, 3.05) is 19.4 Å². The van der Waals surface area contributed by atoms with Crippen LogP contribution in [0.15, 0.2) is 23.1 Å². The van der Waals surface area contributed by atoms with Crippen LogP contribution in [-0.2, 0) is 25.5 Å². The zero-order valence-corrected chi connectivity index (χ0v) is 20.5. The van der Waals surface area contributed by atoms with E-state index in [1.54, 1.807) is 13.1 Å². The van der Waals surface area contributed by atoms with Gasteiger partial charge in [-0.15, -0.1) is 11.3 Å². The maximum Gasteiger partial charge on any atom is 0.330 e. The molecular weight excluding hydrogens is 434 g/mol. The van der Waals surface area contributed by atoms with E-state index in [4.69, 9.17) is 9.47 Å². The van der Waals surface area contributed by atoms with Crippen molar-refractivity contribution in [3.05, 3.63) is 33.5 Å². The number of esters is 1. The van der Waals surface area contributed by atoms with Crippen molar-refractivity contribution >= 4 is 34.7 Å². The predicted molar refractivity (Wildman–Crippen MR) is 127 cm³/mol. The van der Waals surface area contributed by atoms with E-state index in [0.717, 1.165) is 42.2 Å². The van der Waals surface area contributed by atoms with E-state index in [1.807, 2.05) is 18.3 Å². The summed E-state index contributed by atoms with van der Waals surface area (Å²) >= 11 is 2.87. The number of rotatable bonds is 12. The number of thiophene rings is 1. The third kappa shape index (κ3) is 7.71. The van der Waals surface area contributed by atoms with E-state index in [1.165, 1.54) is 10.4 Å². The Hall–Kier alpha value is -1.19. The zero-order valence-electron chi connectivity index (χ0n) is 18.9. The molecule has 4 atom stereocenters. The number of likely N-dealkylation sites (N-methyl/N-ethyl adjacent to an activating group) is 1. The summed E-state index contributed by atoms with van der Waals surface area (Å²) in [6.45, 7) is 6.69. The molecule has 174 valence electrons. The summed E-state index contributed by atoms with van der Waals surface area (Å²) in [5.74, 6) is -0.930. The number of carbonyl (C=O) groups excluding carboxylic acids is 2. The minimum Gasteiger partial charge on any atom is -0.459 e. The lowest BCUT2D eigenvalue weighted by molar-refractivity contribution is -0.257. The lowest BCUT2D eigenvalue weighted by Crippen LogP contribution is -2.57. The van der Waals surface area contributed by atoms with Crippen LogP contribution in [-0.4, -0.2) is 54.0 Å². The summed E-state index contributed by atoms with van der Waals surface area (Å²) in [6.07, 6.45) is 4.66. The van der Waals surface area contributed by atoms with Crippen LogP contribution in [0.1, 0.15) is 62.8 Å². The average molecular weight is 470 g/mol. The summed E-state index contributed by atoms with van der Waals surface area (Å²) in [6, 6.07) is 1.74. The number of hydrogen-bond donors (Lipinski definition) is 2. The fourth-order valence-electron chi connectivity index (χ4n) is 3.75. The predicted octanol–water partition coefficient (Wildman–Crippen LogP) is 4.06. The number of aryl methyl sites for hydroxylation is 1. The van der Waals surface area contributed by atoms with Gasteiger partial charge in [0.15, 0.2) is 11.4 Å². The largest absolute Gasteiger partial charge is 0.459 e. The Morgan fingerprint density at radius 3 is 3.00 bits per heavy atom. The molecule has 1 aromatic heterocycles. The fourth-order valence-corrected chi connectivity index (χ4v) is 5.55. The second kappa shape index (κ2) is 12.7. The van der Waals surface area contributed by atoms with E-state index in [9.17, 15) is 14.7 Å². The molecule has 1 fully saturated rings. The van der Waals surface area contributed by atoms with Gasteiger partial charge in [0.1, 0.15) is 6.10 Å². The summed E-state index contributed by atoms with van der Waals surface area (Å²) < 4.78 is 11.2. The second-order valence-electron chi connectivity index (χ2n) is 8.13. The van der Waals surface area contributed by atoms with Crippen LogP contribution in [0.3, 0.4) is 0 Å². The van der Waals surface area contributed by atoms with Crippen LogP contribution in [0.2, 0.25) is 0 Å². The lowest BCUT2D eigenvalue weighted by atomic mass is 9.96. The van der Waals surface area contributed by atoms with Gasteiger partial charge in [0.25, 0.3) is 0 Å². The standard InChI is InChI=1S/C23H35NO5S2/c1-5-17(3)22-18(9-11-31-22)7-6-16(2)12-21(26)29-19-8-10-28-23(27,13-19)20(24-4)14-30-15-25/h9,11-12,15,17,19-20,24,27H,5-8,10,13-14H2,1-4H3/b16-12-. The minimum absolute atomic E-state index is 0.170. The van der Waals surface area contributed by atoms with Crippen molar-refractivity contribution in [3.63, 3.8) is 0 Å². The molecule has 0 aromatic carbocycles. The number of nitrogens with one attached hydrogen (secondary N) is 1. The Morgan fingerprint density at radius 2 is 2.32 bits per heavy atom. The first kappa shape index (κ1) is 26.1. The summed E-state index contributed by atoms with van der Waals surface area (Å²) in [4.78, 5) is 24.5. The molecule has 0 aliphatic carbocycles. The normalized spacial score (nSPS) is 23.9. The number of ether oxygens (including phenoxy) is 2. The van der Waals surface area contributed by atoms with Crippen LogP contribution < -0.4 is 5.32 Å². The third-order valence-electron chi connectivity index (χ3n) is 5.81. The van der Waals surface area contributed by atoms with Crippen molar-refractivity contribution in [1.29, 1.82) is 0 Å². The third-order valence-corrected chi connectivity index (χ3v) is 7.66. The molecule has 0 saturated carbocycles. The van der Waals surface area contributed by atoms with Gasteiger partial charge in [-0.3, -0.25) is 4.79 Å². The molecule has 2 heterocycles. The van der Waals surface area contributed by atoms with Crippen molar-refractivity contribution in [2.24, 2.45) is 0 Å². The highest BCUT2D eigenvalue weighted by Crippen LogP contribution is 2.31. The number of hydrogen-bond acceptors (Lipinski definition) is 8. The molecule has 1 saturated heterocycles. The molecule has 1 aliphatic heterocycles. The second-order valence-corrected chi connectivity index (χ2v) is 9.93. The Labute approximate surface area is 193 Å². The molecule has 4 unspecified atom stereocenters. The van der Waals surface area contributed by atoms with Crippen molar-refractivity contribution < 1.29 is 24.2 Å². The van der Waals surface area contributed by atoms with E-state index in [0.29, 0.717) is 18.1 Å². The zero-order chi connectivity index (χ0) is 22.9. The fraction of sp³-hybridized carbons (Fsp3) is 0.652. The van der Waals surface area contributed by atoms with E-state index in [2.05, 4.69) is 30.6 Å². The Balaban J connectivity index is 1.90. The molecule has 0 bridgehead atoms. The SMILES string of the molecule is CCC(C)c1sccc1CC/C(C)=C\C(=O)OC1CCOC(O)(C(CSC=O)NC)C1. The van der Waals surface area contributed by atoms with Gasteiger partial charge in [-0.2, -0.15) is 0 Å². The van der Waals surface area contributed by atoms with Gasteiger partial charge < -0.3 is 19.9 Å². The maximum atomic E-state index is 12.4. The van der Waals surface area contributed by atoms with E-state index >= 15 is 0 Å². The van der Waals surface area contributed by atoms with Crippen molar-refractivity contribution in [3.8, 4) is 0 Å². The van der Waals surface area contributed by atoms with E-state index < -0.39 is 17.9 Å². The summed E-state index contributed by atoms with van der Waals surface area (Å²) in [5, 5.41) is 16.0. The highest BCUT2D eigenvalue weighted by Gasteiger charge is 2.43. The number of aliphatic hydroxyl groups is 1. The number of thioether (sulfide) groups is 1. The highest BCUT2D eigenvalue weighted by molar-refractivity contribution is 8.11. The first-order valence-electron chi connectivity index (χ1n) is 10.9. The van der Waals surface area contributed by atoms with Gasteiger partial charge >= 0.3 is 5.97 Å². The van der Waals surface area contributed by atoms with Gasteiger partial charge in [0.05, 0.1) is 12.6 Å². The Morgan fingerprint density at radius 1 is 1.55 bits per heavy atom. The molecule has 0 spiro atoms. The van der Waals surface area contributed by atoms with Gasteiger partial charge in [-0.05, 0) is 56.2 Å². The topological polar surface area (TPSA) is 84.9 Å². The molecule has 31 heavy (non-hydrogen) atoms. The molecule has 8 heteroatoms. The number of carbonyl (C=O) groups is 2. The molecule has 1 aromatic rings. The average Bonchev–Trinajstić information content (AvgIpc) is 3.20. The quantitative estimate of drug-likeness (QED) is 0.271. The van der Waals surface area contributed by atoms with Gasteiger partial charge in [-0.1, -0.05) is 31.2 Å². The van der Waals surface area contributed by atoms with Gasteiger partial charge in [0, 0.05) is 29.5 Å². The van der Waals surface area contributed by atoms with Crippen molar-refractivity contribution in [1.82, 2.24) is 5.32 Å². The molecule has 1 aliphatic rings. The first-order valence-corrected chi connectivity index (χ1v) is 12.8. The molecule has 6 nitrogen and oxygen atoms in total. The molecule has 0 radical (unpaired) electrons. The highest BCUT2D eigenvalue weighted by atomic mass is 32.2. The van der Waals surface area contributed by atoms with Gasteiger partial charge in [-0.25, -0.2) is 4.79 Å². The van der Waals surface area contributed by atoms with E-state index in [-0.39, 0.29) is 19.0 Å². The molecule has 2 rings (SSSR count). The maximum absolute atomic E-state index is 12.4. The lowest BCUT2D eigenvalue weighted by Gasteiger charge is -2.41. The van der Waals surface area contributed by atoms with Crippen LogP contribution in [0.4, 0.5) is 0 Å². The van der Waals surface area contributed by atoms with Crippen LogP contribution in [0.25, 0.3) is 0 Å². The molecule has 2 N–H and O–H groups in total. The summed E-state index contributed by atoms with van der Waals surface area (Å²) in [7, 11) is 1.71. The molecule has 0 amide bonds. The van der Waals surface area contributed by atoms with Gasteiger partial charge in [0.2, 0.25) is 0 Å². The minimum atomic E-state index is -1.47. The Bertz CT molecular complexity index is 750. The van der Waals surface area contributed by atoms with Crippen LogP contribution in [0.5, 0.6) is 0 Å². The smallest absolute Gasteiger partial charge is 0.330 e. The van der Waals surface area contributed by atoms with Crippen LogP contribution >= 0.6 is 23.1 Å². The summed E-state index contributed by atoms with van der Waals surface area (Å²) in [5.41, 5.74) is 3.08. The Kier molecular flexibility index (Phi) is 10.7. The first-order chi connectivity index (χ1) is 14.8. The monoisotopic (exact) mass is 469 g/mol. The van der Waals surface area contributed by atoms with Crippen LogP contribution in [0, 0.1) is 0 Å². The number of allylic oxidation sites excluding steroid dienone is 1. The molecular formula is C23H35NO5S2.